The van der Waals surface area contributed by atoms with Crippen LogP contribution in [0.3, 0.4) is 0 Å². The number of aliphatic hydroxyl groups is 1. The molecule has 0 aliphatic rings. The predicted octanol–water partition coefficient (Wildman–Crippen LogP) is 0.834. The van der Waals surface area contributed by atoms with Crippen LogP contribution in [0.2, 0.25) is 5.15 Å². The molecule has 0 saturated carbocycles. The number of hydrogen-bond donors (Lipinski definition) is 2. The standard InChI is InChI=1S/C9H12ClN5O/c10-7-6-8(14-9(11)13-7)15(5-12-6)3-1-2-4-16/h5,16H,1-4H2,(H2,11,13,14). The maximum Gasteiger partial charge on any atom is 0.223 e. The number of nitrogens with zero attached hydrogens (tertiary/aromatic N) is 4. The first-order chi connectivity index (χ1) is 7.72. The first-order valence-corrected chi connectivity index (χ1v) is 5.35. The van der Waals surface area contributed by atoms with E-state index in [-0.39, 0.29) is 17.7 Å². The summed E-state index contributed by atoms with van der Waals surface area (Å²) in [5, 5.41) is 8.97. The number of nitrogens with two attached hydrogens (primary N) is 1. The molecule has 86 valence electrons. The van der Waals surface area contributed by atoms with Gasteiger partial charge in [-0.25, -0.2) is 4.98 Å². The number of unbranched alkanes of at least 4 members (excludes halogenated alkanes) is 1. The van der Waals surface area contributed by atoms with Gasteiger partial charge in [0.05, 0.1) is 6.33 Å². The van der Waals surface area contributed by atoms with E-state index in [0.29, 0.717) is 11.2 Å². The average Bonchev–Trinajstić information content (AvgIpc) is 2.62. The van der Waals surface area contributed by atoms with Crippen LogP contribution in [0.25, 0.3) is 11.2 Å². The zero-order valence-electron chi connectivity index (χ0n) is 8.60. The minimum absolute atomic E-state index is 0.140. The Morgan fingerprint density at radius 3 is 2.94 bits per heavy atom. The molecular formula is C9H12ClN5O. The van der Waals surface area contributed by atoms with Crippen molar-refractivity contribution in [3.8, 4) is 0 Å². The van der Waals surface area contributed by atoms with Crippen LogP contribution in [0.5, 0.6) is 0 Å². The second-order valence-corrected chi connectivity index (χ2v) is 3.77. The summed E-state index contributed by atoms with van der Waals surface area (Å²) in [6, 6.07) is 0. The second kappa shape index (κ2) is 4.63. The number of aliphatic hydroxyl groups excluding tert-OH is 1. The molecule has 0 spiro atoms. The SMILES string of the molecule is Nc1nc(Cl)c2ncn(CCCCO)c2n1. The molecule has 3 N–H and O–H groups in total. The lowest BCUT2D eigenvalue weighted by molar-refractivity contribution is 0.281. The van der Waals surface area contributed by atoms with Crippen molar-refractivity contribution in [1.82, 2.24) is 19.5 Å². The van der Waals surface area contributed by atoms with E-state index in [0.717, 1.165) is 19.4 Å². The van der Waals surface area contributed by atoms with Crippen molar-refractivity contribution in [2.45, 2.75) is 19.4 Å². The number of aryl methyl sites for hydroxylation is 1. The van der Waals surface area contributed by atoms with Gasteiger partial charge in [0.2, 0.25) is 5.95 Å². The van der Waals surface area contributed by atoms with Crippen molar-refractivity contribution in [2.75, 3.05) is 12.3 Å². The molecule has 2 rings (SSSR count). The number of halogens is 1. The highest BCUT2D eigenvalue weighted by atomic mass is 35.5. The van der Waals surface area contributed by atoms with Gasteiger partial charge in [-0.2, -0.15) is 9.97 Å². The minimum Gasteiger partial charge on any atom is -0.396 e. The Labute approximate surface area is 97.1 Å². The van der Waals surface area contributed by atoms with Gasteiger partial charge in [0.25, 0.3) is 0 Å². The van der Waals surface area contributed by atoms with Gasteiger partial charge >= 0.3 is 0 Å². The summed E-state index contributed by atoms with van der Waals surface area (Å²) >= 11 is 5.89. The Bertz CT molecular complexity index is 498. The maximum absolute atomic E-state index is 8.70. The highest BCUT2D eigenvalue weighted by molar-refractivity contribution is 6.33. The van der Waals surface area contributed by atoms with E-state index in [4.69, 9.17) is 22.4 Å². The van der Waals surface area contributed by atoms with Crippen molar-refractivity contribution >= 4 is 28.7 Å². The Morgan fingerprint density at radius 1 is 1.38 bits per heavy atom. The highest BCUT2D eigenvalue weighted by Crippen LogP contribution is 2.19. The van der Waals surface area contributed by atoms with Crippen LogP contribution < -0.4 is 5.73 Å². The summed E-state index contributed by atoms with van der Waals surface area (Å²) in [5.74, 6) is 0.140. The van der Waals surface area contributed by atoms with E-state index in [1.54, 1.807) is 6.33 Å². The summed E-state index contributed by atoms with van der Waals surface area (Å²) in [6.45, 7) is 0.911. The Morgan fingerprint density at radius 2 is 2.19 bits per heavy atom. The third kappa shape index (κ3) is 2.07. The summed E-state index contributed by atoms with van der Waals surface area (Å²) < 4.78 is 1.86. The molecule has 0 unspecified atom stereocenters. The number of aromatic nitrogens is 4. The minimum atomic E-state index is 0.140. The molecular weight excluding hydrogens is 230 g/mol. The normalized spacial score (nSPS) is 11.1. The Kier molecular flexibility index (Phi) is 3.21. The van der Waals surface area contributed by atoms with E-state index < -0.39 is 0 Å². The average molecular weight is 242 g/mol. The lowest BCUT2D eigenvalue weighted by Gasteiger charge is -2.02. The molecule has 0 fully saturated rings. The summed E-state index contributed by atoms with van der Waals surface area (Å²) in [5.41, 5.74) is 6.71. The zero-order chi connectivity index (χ0) is 11.5. The Balaban J connectivity index is 2.32. The molecule has 0 radical (unpaired) electrons. The smallest absolute Gasteiger partial charge is 0.223 e. The van der Waals surface area contributed by atoms with E-state index in [1.165, 1.54) is 0 Å². The third-order valence-corrected chi connectivity index (χ3v) is 2.51. The molecule has 0 atom stereocenters. The van der Waals surface area contributed by atoms with Crippen LogP contribution in [0.15, 0.2) is 6.33 Å². The Hall–Kier alpha value is -1.40. The lowest BCUT2D eigenvalue weighted by Crippen LogP contribution is -2.01. The zero-order valence-corrected chi connectivity index (χ0v) is 9.35. The molecule has 0 aliphatic heterocycles. The van der Waals surface area contributed by atoms with Crippen molar-refractivity contribution < 1.29 is 5.11 Å². The summed E-state index contributed by atoms with van der Waals surface area (Å²) in [7, 11) is 0. The van der Waals surface area contributed by atoms with Gasteiger partial charge < -0.3 is 15.4 Å². The highest BCUT2D eigenvalue weighted by Gasteiger charge is 2.09. The monoisotopic (exact) mass is 241 g/mol. The fourth-order valence-electron chi connectivity index (χ4n) is 1.48. The van der Waals surface area contributed by atoms with Gasteiger partial charge in [-0.05, 0) is 12.8 Å². The van der Waals surface area contributed by atoms with Gasteiger partial charge in [0.1, 0.15) is 5.52 Å². The van der Waals surface area contributed by atoms with Gasteiger partial charge in [-0.1, -0.05) is 11.6 Å². The van der Waals surface area contributed by atoms with Gasteiger partial charge in [-0.3, -0.25) is 0 Å². The van der Waals surface area contributed by atoms with E-state index in [2.05, 4.69) is 15.0 Å². The van der Waals surface area contributed by atoms with Crippen LogP contribution in [0.4, 0.5) is 5.95 Å². The molecule has 6 nitrogen and oxygen atoms in total. The van der Waals surface area contributed by atoms with E-state index in [9.17, 15) is 0 Å². The predicted molar refractivity (Wildman–Crippen MR) is 61.1 cm³/mol. The summed E-state index contributed by atoms with van der Waals surface area (Å²) in [4.78, 5) is 12.0. The first-order valence-electron chi connectivity index (χ1n) is 4.97. The fraction of sp³-hybridized carbons (Fsp3) is 0.444. The van der Waals surface area contributed by atoms with Crippen molar-refractivity contribution in [1.29, 1.82) is 0 Å². The van der Waals surface area contributed by atoms with Gasteiger partial charge in [-0.15, -0.1) is 0 Å². The van der Waals surface area contributed by atoms with E-state index in [1.807, 2.05) is 4.57 Å². The van der Waals surface area contributed by atoms with E-state index >= 15 is 0 Å². The van der Waals surface area contributed by atoms with Crippen LogP contribution >= 0.6 is 11.6 Å². The number of imidazole rings is 1. The van der Waals surface area contributed by atoms with Crippen LogP contribution in [-0.4, -0.2) is 31.2 Å². The second-order valence-electron chi connectivity index (χ2n) is 3.41. The first kappa shape index (κ1) is 11.1. The molecule has 0 amide bonds. The molecule has 16 heavy (non-hydrogen) atoms. The summed E-state index contributed by atoms with van der Waals surface area (Å²) in [6.07, 6.45) is 3.25. The van der Waals surface area contributed by atoms with Crippen LogP contribution in [0, 0.1) is 0 Å². The number of rotatable bonds is 4. The van der Waals surface area contributed by atoms with Crippen molar-refractivity contribution in [3.05, 3.63) is 11.5 Å². The molecule has 2 heterocycles. The van der Waals surface area contributed by atoms with Crippen molar-refractivity contribution in [3.63, 3.8) is 0 Å². The maximum atomic E-state index is 8.70. The molecule has 0 saturated heterocycles. The lowest BCUT2D eigenvalue weighted by atomic mass is 10.3. The molecule has 0 bridgehead atoms. The number of hydrogen-bond acceptors (Lipinski definition) is 5. The molecule has 0 aromatic carbocycles. The largest absolute Gasteiger partial charge is 0.396 e. The molecule has 7 heteroatoms. The van der Waals surface area contributed by atoms with Gasteiger partial charge in [0.15, 0.2) is 10.8 Å². The molecule has 2 aromatic heterocycles. The van der Waals surface area contributed by atoms with Crippen molar-refractivity contribution in [2.24, 2.45) is 0 Å². The number of anilines is 1. The molecule has 0 aliphatic carbocycles. The third-order valence-electron chi connectivity index (χ3n) is 2.25. The quantitative estimate of drug-likeness (QED) is 0.611. The van der Waals surface area contributed by atoms with Gasteiger partial charge in [0, 0.05) is 13.2 Å². The van der Waals surface area contributed by atoms with Crippen LogP contribution in [-0.2, 0) is 6.54 Å². The number of fused-ring (bicyclic) bond motifs is 1. The van der Waals surface area contributed by atoms with Crippen LogP contribution in [0.1, 0.15) is 12.8 Å². The topological polar surface area (TPSA) is 89.8 Å². The fourth-order valence-corrected chi connectivity index (χ4v) is 1.70. The molecule has 2 aromatic rings. The number of nitrogen functional groups attached to an aromatic ring is 1.